The van der Waals surface area contributed by atoms with Crippen LogP contribution >= 0.6 is 0 Å². The third-order valence-corrected chi connectivity index (χ3v) is 4.07. The molecule has 2 amide bonds. The van der Waals surface area contributed by atoms with Crippen LogP contribution < -0.4 is 10.6 Å². The molecule has 7 nitrogen and oxygen atoms in total. The van der Waals surface area contributed by atoms with Crippen LogP contribution in [-0.4, -0.2) is 38.3 Å². The quantitative estimate of drug-likeness (QED) is 0.835. The lowest BCUT2D eigenvalue weighted by Crippen LogP contribution is -2.46. The highest BCUT2D eigenvalue weighted by Gasteiger charge is 2.20. The van der Waals surface area contributed by atoms with Crippen molar-refractivity contribution in [1.29, 1.82) is 0 Å². The molecular formula is C16H24N2O5S. The molecule has 24 heavy (non-hydrogen) atoms. The van der Waals surface area contributed by atoms with Crippen LogP contribution in [0.2, 0.25) is 0 Å². The predicted octanol–water partition coefficient (Wildman–Crippen LogP) is 1.62. The lowest BCUT2D eigenvalue weighted by Gasteiger charge is -2.21. The molecule has 0 aliphatic heterocycles. The maximum Gasteiger partial charge on any atom is 0.408 e. The summed E-state index contributed by atoms with van der Waals surface area (Å²) < 4.78 is 27.8. The molecule has 1 aromatic rings. The molecule has 0 spiro atoms. The number of amides is 2. The van der Waals surface area contributed by atoms with E-state index in [0.29, 0.717) is 0 Å². The minimum absolute atomic E-state index is 0.220. The standard InChI is InChI=1S/C16H24N2O5S/c1-11(18-15(20)23-16(2,3)4)14(19)17-10-12-6-8-13(9-7-12)24(5,21)22/h6-9,11H,10H2,1-5H3,(H,17,19)(H,18,20). The van der Waals surface area contributed by atoms with Crippen LogP contribution in [0.15, 0.2) is 29.2 Å². The highest BCUT2D eigenvalue weighted by Crippen LogP contribution is 2.10. The van der Waals surface area contributed by atoms with E-state index in [-0.39, 0.29) is 17.3 Å². The Kier molecular flexibility index (Phi) is 6.36. The van der Waals surface area contributed by atoms with Gasteiger partial charge in [0.2, 0.25) is 5.91 Å². The third-order valence-electron chi connectivity index (χ3n) is 2.94. The van der Waals surface area contributed by atoms with Gasteiger partial charge in [-0.1, -0.05) is 12.1 Å². The zero-order chi connectivity index (χ0) is 18.5. The van der Waals surface area contributed by atoms with Crippen LogP contribution in [0.3, 0.4) is 0 Å². The van der Waals surface area contributed by atoms with E-state index >= 15 is 0 Å². The summed E-state index contributed by atoms with van der Waals surface area (Å²) in [7, 11) is -3.24. The molecule has 0 radical (unpaired) electrons. The fourth-order valence-electron chi connectivity index (χ4n) is 1.75. The van der Waals surface area contributed by atoms with Crippen molar-refractivity contribution >= 4 is 21.8 Å². The molecule has 1 aromatic carbocycles. The van der Waals surface area contributed by atoms with Crippen molar-refractivity contribution in [2.24, 2.45) is 0 Å². The van der Waals surface area contributed by atoms with Crippen molar-refractivity contribution in [2.75, 3.05) is 6.26 Å². The van der Waals surface area contributed by atoms with Crippen LogP contribution in [0, 0.1) is 0 Å². The first-order valence-electron chi connectivity index (χ1n) is 7.45. The van der Waals surface area contributed by atoms with Crippen LogP contribution in [-0.2, 0) is 25.9 Å². The average Bonchev–Trinajstić information content (AvgIpc) is 2.42. The number of alkyl carbamates (subject to hydrolysis) is 1. The van der Waals surface area contributed by atoms with Gasteiger partial charge in [-0.3, -0.25) is 4.79 Å². The maximum absolute atomic E-state index is 12.0. The molecular weight excluding hydrogens is 332 g/mol. The van der Waals surface area contributed by atoms with Gasteiger partial charge < -0.3 is 15.4 Å². The Hall–Kier alpha value is -2.09. The third kappa shape index (κ3) is 6.99. The molecule has 1 rings (SSSR count). The van der Waals surface area contributed by atoms with E-state index in [9.17, 15) is 18.0 Å². The molecule has 0 aliphatic carbocycles. The first-order chi connectivity index (χ1) is 10.9. The molecule has 0 fully saturated rings. The Morgan fingerprint density at radius 3 is 2.17 bits per heavy atom. The molecule has 8 heteroatoms. The second kappa shape index (κ2) is 7.65. The van der Waals surface area contributed by atoms with Crippen LogP contribution in [0.1, 0.15) is 33.3 Å². The fourth-order valence-corrected chi connectivity index (χ4v) is 2.38. The average molecular weight is 356 g/mol. The fraction of sp³-hybridized carbons (Fsp3) is 0.500. The molecule has 0 aliphatic rings. The zero-order valence-corrected chi connectivity index (χ0v) is 15.4. The summed E-state index contributed by atoms with van der Waals surface area (Å²) in [6.45, 7) is 6.97. The molecule has 0 saturated carbocycles. The monoisotopic (exact) mass is 356 g/mol. The lowest BCUT2D eigenvalue weighted by atomic mass is 10.2. The Bertz CT molecular complexity index is 690. The van der Waals surface area contributed by atoms with E-state index in [2.05, 4.69) is 10.6 Å². The molecule has 1 unspecified atom stereocenters. The summed E-state index contributed by atoms with van der Waals surface area (Å²) in [6, 6.07) is 5.47. The second-order valence-electron chi connectivity index (χ2n) is 6.50. The first kappa shape index (κ1) is 20.0. The number of ether oxygens (including phenoxy) is 1. The van der Waals surface area contributed by atoms with Gasteiger partial charge in [0.1, 0.15) is 11.6 Å². The Morgan fingerprint density at radius 1 is 1.17 bits per heavy atom. The Labute approximate surface area is 142 Å². The SMILES string of the molecule is CC(NC(=O)OC(C)(C)C)C(=O)NCc1ccc(S(C)(=O)=O)cc1. The van der Waals surface area contributed by atoms with Crippen molar-refractivity contribution in [3.63, 3.8) is 0 Å². The minimum Gasteiger partial charge on any atom is -0.444 e. The van der Waals surface area contributed by atoms with E-state index in [4.69, 9.17) is 4.74 Å². The number of benzene rings is 1. The van der Waals surface area contributed by atoms with E-state index in [1.807, 2.05) is 0 Å². The highest BCUT2D eigenvalue weighted by molar-refractivity contribution is 7.90. The van der Waals surface area contributed by atoms with Gasteiger partial charge in [-0.2, -0.15) is 0 Å². The summed E-state index contributed by atoms with van der Waals surface area (Å²) in [5.41, 5.74) is 0.113. The number of carbonyl (C=O) groups is 2. The number of sulfone groups is 1. The van der Waals surface area contributed by atoms with Crippen molar-refractivity contribution in [1.82, 2.24) is 10.6 Å². The summed E-state index contributed by atoms with van der Waals surface area (Å²) >= 11 is 0. The second-order valence-corrected chi connectivity index (χ2v) is 8.52. The summed E-state index contributed by atoms with van der Waals surface area (Å²) in [4.78, 5) is 23.8. The maximum atomic E-state index is 12.0. The smallest absolute Gasteiger partial charge is 0.408 e. The summed E-state index contributed by atoms with van der Waals surface area (Å²) in [6.07, 6.45) is 0.469. The Balaban J connectivity index is 2.52. The molecule has 1 atom stereocenters. The predicted molar refractivity (Wildman–Crippen MR) is 90.2 cm³/mol. The topological polar surface area (TPSA) is 102 Å². The van der Waals surface area contributed by atoms with Crippen molar-refractivity contribution < 1.29 is 22.7 Å². The van der Waals surface area contributed by atoms with Crippen molar-refractivity contribution in [2.45, 2.75) is 50.8 Å². The van der Waals surface area contributed by atoms with Crippen molar-refractivity contribution in [3.8, 4) is 0 Å². The molecule has 0 bridgehead atoms. The van der Waals surface area contributed by atoms with Gasteiger partial charge in [-0.25, -0.2) is 13.2 Å². The molecule has 0 aromatic heterocycles. The number of carbonyl (C=O) groups excluding carboxylic acids is 2. The van der Waals surface area contributed by atoms with E-state index in [0.717, 1.165) is 11.8 Å². The zero-order valence-electron chi connectivity index (χ0n) is 14.5. The van der Waals surface area contributed by atoms with E-state index in [1.165, 1.54) is 12.1 Å². The molecule has 134 valence electrons. The Morgan fingerprint density at radius 2 is 1.71 bits per heavy atom. The van der Waals surface area contributed by atoms with Gasteiger partial charge in [-0.05, 0) is 45.4 Å². The number of hydrogen-bond acceptors (Lipinski definition) is 5. The van der Waals surface area contributed by atoms with Gasteiger partial charge in [-0.15, -0.1) is 0 Å². The van der Waals surface area contributed by atoms with E-state index in [1.54, 1.807) is 39.8 Å². The first-order valence-corrected chi connectivity index (χ1v) is 9.34. The largest absolute Gasteiger partial charge is 0.444 e. The minimum atomic E-state index is -3.24. The molecule has 0 saturated heterocycles. The van der Waals surface area contributed by atoms with Crippen LogP contribution in [0.25, 0.3) is 0 Å². The normalized spacial score (nSPS) is 13.0. The van der Waals surface area contributed by atoms with Crippen LogP contribution in [0.4, 0.5) is 4.79 Å². The summed E-state index contributed by atoms with van der Waals surface area (Å²) in [5, 5.41) is 5.12. The summed E-state index contributed by atoms with van der Waals surface area (Å²) in [5.74, 6) is -0.368. The van der Waals surface area contributed by atoms with Gasteiger partial charge in [0, 0.05) is 12.8 Å². The van der Waals surface area contributed by atoms with E-state index < -0.39 is 27.6 Å². The number of rotatable bonds is 5. The molecule has 2 N–H and O–H groups in total. The van der Waals surface area contributed by atoms with Gasteiger partial charge >= 0.3 is 6.09 Å². The van der Waals surface area contributed by atoms with Crippen LogP contribution in [0.5, 0.6) is 0 Å². The number of nitrogens with one attached hydrogen (secondary N) is 2. The molecule has 0 heterocycles. The van der Waals surface area contributed by atoms with Gasteiger partial charge in [0.15, 0.2) is 9.84 Å². The van der Waals surface area contributed by atoms with Gasteiger partial charge in [0.05, 0.1) is 4.90 Å². The highest BCUT2D eigenvalue weighted by atomic mass is 32.2. The van der Waals surface area contributed by atoms with Crippen molar-refractivity contribution in [3.05, 3.63) is 29.8 Å². The van der Waals surface area contributed by atoms with Gasteiger partial charge in [0.25, 0.3) is 0 Å². The lowest BCUT2D eigenvalue weighted by molar-refractivity contribution is -0.122. The number of hydrogen-bond donors (Lipinski definition) is 2.